The minimum atomic E-state index is -0.497. The standard InChI is InChI=1S/C23H44N4O4/c1-17(2)26-11-9-23(10-12-26,24-20(28)30-18(3)4)16-25-13-14-27(19(5)15-25)21(29)31-22(6,7)8/h17-19H,9-16H2,1-8H3,(H,24,28). The molecular formula is C23H44N4O4. The van der Waals surface area contributed by atoms with E-state index in [1.54, 1.807) is 0 Å². The maximum absolute atomic E-state index is 12.5. The van der Waals surface area contributed by atoms with Gasteiger partial charge >= 0.3 is 12.2 Å². The number of ether oxygens (including phenoxy) is 2. The minimum Gasteiger partial charge on any atom is -0.447 e. The summed E-state index contributed by atoms with van der Waals surface area (Å²) in [5.41, 5.74) is -0.811. The molecule has 0 bridgehead atoms. The second-order valence-corrected chi connectivity index (χ2v) is 10.7. The maximum atomic E-state index is 12.5. The van der Waals surface area contributed by atoms with E-state index in [0.29, 0.717) is 12.6 Å². The number of hydrogen-bond donors (Lipinski definition) is 1. The van der Waals surface area contributed by atoms with E-state index in [4.69, 9.17) is 9.47 Å². The Hall–Kier alpha value is -1.54. The van der Waals surface area contributed by atoms with Crippen molar-refractivity contribution in [2.24, 2.45) is 0 Å². The van der Waals surface area contributed by atoms with Crippen molar-refractivity contribution < 1.29 is 19.1 Å². The van der Waals surface area contributed by atoms with Crippen LogP contribution < -0.4 is 5.32 Å². The third-order valence-electron chi connectivity index (χ3n) is 6.06. The molecule has 31 heavy (non-hydrogen) atoms. The number of amides is 2. The van der Waals surface area contributed by atoms with Gasteiger partial charge in [0.25, 0.3) is 0 Å². The average Bonchev–Trinajstić information content (AvgIpc) is 2.59. The Kier molecular flexibility index (Phi) is 8.62. The van der Waals surface area contributed by atoms with Crippen LogP contribution in [0, 0.1) is 0 Å². The van der Waals surface area contributed by atoms with Crippen LogP contribution in [0.2, 0.25) is 0 Å². The quantitative estimate of drug-likeness (QED) is 0.707. The van der Waals surface area contributed by atoms with Crippen LogP contribution >= 0.6 is 0 Å². The van der Waals surface area contributed by atoms with Crippen molar-refractivity contribution in [2.75, 3.05) is 39.3 Å². The Morgan fingerprint density at radius 3 is 2.16 bits per heavy atom. The number of rotatable bonds is 5. The van der Waals surface area contributed by atoms with Gasteiger partial charge in [0.1, 0.15) is 5.60 Å². The lowest BCUT2D eigenvalue weighted by Crippen LogP contribution is -2.64. The number of hydrogen-bond acceptors (Lipinski definition) is 6. The zero-order valence-electron chi connectivity index (χ0n) is 20.9. The van der Waals surface area contributed by atoms with Crippen LogP contribution in [0.4, 0.5) is 9.59 Å². The molecule has 2 heterocycles. The van der Waals surface area contributed by atoms with Crippen molar-refractivity contribution in [1.29, 1.82) is 0 Å². The van der Waals surface area contributed by atoms with Crippen LogP contribution in [0.5, 0.6) is 0 Å². The molecule has 2 amide bonds. The summed E-state index contributed by atoms with van der Waals surface area (Å²) in [6.45, 7) is 20.7. The summed E-state index contributed by atoms with van der Waals surface area (Å²) in [5, 5.41) is 3.22. The summed E-state index contributed by atoms with van der Waals surface area (Å²) in [4.78, 5) is 31.7. The topological polar surface area (TPSA) is 74.3 Å². The largest absolute Gasteiger partial charge is 0.447 e. The lowest BCUT2D eigenvalue weighted by Gasteiger charge is -2.48. The summed E-state index contributed by atoms with van der Waals surface area (Å²) in [7, 11) is 0. The highest BCUT2D eigenvalue weighted by atomic mass is 16.6. The Labute approximate surface area is 188 Å². The molecule has 8 heteroatoms. The van der Waals surface area contributed by atoms with Gasteiger partial charge in [-0.25, -0.2) is 9.59 Å². The van der Waals surface area contributed by atoms with E-state index in [-0.39, 0.29) is 29.9 Å². The van der Waals surface area contributed by atoms with Gasteiger partial charge in [0.15, 0.2) is 0 Å². The van der Waals surface area contributed by atoms with Crippen LogP contribution in [0.15, 0.2) is 0 Å². The molecular weight excluding hydrogens is 396 g/mol. The summed E-state index contributed by atoms with van der Waals surface area (Å²) < 4.78 is 11.0. The number of piperidine rings is 1. The van der Waals surface area contributed by atoms with E-state index in [2.05, 4.69) is 35.9 Å². The first-order chi connectivity index (χ1) is 14.3. The SMILES string of the molecule is CC(C)OC(=O)NC1(CN2CCN(C(=O)OC(C)(C)C)C(C)C2)CCN(C(C)C)CC1. The molecule has 1 atom stereocenters. The van der Waals surface area contributed by atoms with Gasteiger partial charge in [0, 0.05) is 51.4 Å². The molecule has 2 aliphatic rings. The predicted molar refractivity (Wildman–Crippen MR) is 122 cm³/mol. The summed E-state index contributed by atoms with van der Waals surface area (Å²) in [6.07, 6.45) is 1.04. The van der Waals surface area contributed by atoms with Crippen molar-refractivity contribution in [3.8, 4) is 0 Å². The smallest absolute Gasteiger partial charge is 0.410 e. The van der Waals surface area contributed by atoms with Crippen molar-refractivity contribution in [2.45, 2.75) is 97.6 Å². The van der Waals surface area contributed by atoms with E-state index < -0.39 is 5.60 Å². The fraction of sp³-hybridized carbons (Fsp3) is 0.913. The fourth-order valence-electron chi connectivity index (χ4n) is 4.45. The van der Waals surface area contributed by atoms with E-state index >= 15 is 0 Å². The zero-order valence-corrected chi connectivity index (χ0v) is 20.9. The first-order valence-electron chi connectivity index (χ1n) is 11.7. The monoisotopic (exact) mass is 440 g/mol. The van der Waals surface area contributed by atoms with Gasteiger partial charge in [-0.05, 0) is 68.2 Å². The number of alkyl carbamates (subject to hydrolysis) is 1. The van der Waals surface area contributed by atoms with Crippen LogP contribution in [-0.2, 0) is 9.47 Å². The number of carbonyl (C=O) groups is 2. The number of carbonyl (C=O) groups excluding carboxylic acids is 2. The highest BCUT2D eigenvalue weighted by Gasteiger charge is 2.40. The molecule has 2 saturated heterocycles. The third kappa shape index (κ3) is 7.83. The molecule has 0 radical (unpaired) electrons. The zero-order chi connectivity index (χ0) is 23.4. The molecule has 2 rings (SSSR count). The molecule has 0 spiro atoms. The molecule has 8 nitrogen and oxygen atoms in total. The maximum Gasteiger partial charge on any atom is 0.410 e. The van der Waals surface area contributed by atoms with Crippen LogP contribution in [0.25, 0.3) is 0 Å². The van der Waals surface area contributed by atoms with Gasteiger partial charge in [-0.15, -0.1) is 0 Å². The molecule has 2 fully saturated rings. The Morgan fingerprint density at radius 1 is 1.06 bits per heavy atom. The summed E-state index contributed by atoms with van der Waals surface area (Å²) >= 11 is 0. The molecule has 1 N–H and O–H groups in total. The first-order valence-corrected chi connectivity index (χ1v) is 11.7. The van der Waals surface area contributed by atoms with Crippen molar-refractivity contribution in [1.82, 2.24) is 20.0 Å². The van der Waals surface area contributed by atoms with Gasteiger partial charge in [-0.3, -0.25) is 4.90 Å². The van der Waals surface area contributed by atoms with Crippen molar-refractivity contribution in [3.63, 3.8) is 0 Å². The second-order valence-electron chi connectivity index (χ2n) is 10.7. The van der Waals surface area contributed by atoms with E-state index in [9.17, 15) is 9.59 Å². The van der Waals surface area contributed by atoms with Crippen LogP contribution in [0.3, 0.4) is 0 Å². The summed E-state index contributed by atoms with van der Waals surface area (Å²) in [5.74, 6) is 0. The normalized spacial score (nSPS) is 23.2. The molecule has 1 unspecified atom stereocenters. The first kappa shape index (κ1) is 25.7. The van der Waals surface area contributed by atoms with Crippen LogP contribution in [0.1, 0.15) is 68.2 Å². The number of likely N-dealkylation sites (tertiary alicyclic amines) is 1. The Balaban J connectivity index is 2.03. The van der Waals surface area contributed by atoms with Crippen molar-refractivity contribution >= 4 is 12.2 Å². The Bertz CT molecular complexity index is 609. The number of nitrogens with zero attached hydrogens (tertiary/aromatic N) is 3. The molecule has 0 aromatic carbocycles. The molecule has 2 aliphatic heterocycles. The Morgan fingerprint density at radius 2 is 1.68 bits per heavy atom. The van der Waals surface area contributed by atoms with E-state index in [0.717, 1.165) is 45.6 Å². The number of nitrogens with one attached hydrogen (secondary N) is 1. The fourth-order valence-corrected chi connectivity index (χ4v) is 4.45. The van der Waals surface area contributed by atoms with Gasteiger partial charge < -0.3 is 24.6 Å². The van der Waals surface area contributed by atoms with Gasteiger partial charge in [0.2, 0.25) is 0 Å². The lowest BCUT2D eigenvalue weighted by molar-refractivity contribution is -0.00559. The highest BCUT2D eigenvalue weighted by Crippen LogP contribution is 2.27. The lowest BCUT2D eigenvalue weighted by atomic mass is 9.86. The molecule has 0 saturated carbocycles. The molecule has 180 valence electrons. The second kappa shape index (κ2) is 10.4. The summed E-state index contributed by atoms with van der Waals surface area (Å²) in [6, 6.07) is 0.553. The van der Waals surface area contributed by atoms with Gasteiger partial charge in [-0.1, -0.05) is 0 Å². The van der Waals surface area contributed by atoms with Gasteiger partial charge in [-0.2, -0.15) is 0 Å². The molecule has 0 aliphatic carbocycles. The minimum absolute atomic E-state index is 0.0546. The predicted octanol–water partition coefficient (Wildman–Crippen LogP) is 3.31. The third-order valence-corrected chi connectivity index (χ3v) is 6.06. The number of piperazine rings is 1. The molecule has 0 aromatic rings. The van der Waals surface area contributed by atoms with E-state index in [1.165, 1.54) is 0 Å². The average molecular weight is 441 g/mol. The van der Waals surface area contributed by atoms with E-state index in [1.807, 2.05) is 39.5 Å². The van der Waals surface area contributed by atoms with Crippen molar-refractivity contribution in [3.05, 3.63) is 0 Å². The van der Waals surface area contributed by atoms with Gasteiger partial charge in [0.05, 0.1) is 11.6 Å². The highest BCUT2D eigenvalue weighted by molar-refractivity contribution is 5.69. The van der Waals surface area contributed by atoms with Crippen LogP contribution in [-0.4, -0.2) is 95.5 Å². The molecule has 0 aromatic heterocycles.